The SMILES string of the molecule is C=CC(=O)N(CCC)CCCCN(CCCS(=O)(=O)O)C(=O)C=C. The Labute approximate surface area is 144 Å². The van der Waals surface area contributed by atoms with Gasteiger partial charge in [-0.1, -0.05) is 20.1 Å². The average Bonchev–Trinajstić information content (AvgIpc) is 2.53. The van der Waals surface area contributed by atoms with Crippen molar-refractivity contribution in [3.8, 4) is 0 Å². The van der Waals surface area contributed by atoms with E-state index < -0.39 is 10.1 Å². The van der Waals surface area contributed by atoms with E-state index in [1.165, 1.54) is 17.1 Å². The van der Waals surface area contributed by atoms with Gasteiger partial charge >= 0.3 is 0 Å². The van der Waals surface area contributed by atoms with Crippen molar-refractivity contribution in [1.29, 1.82) is 0 Å². The van der Waals surface area contributed by atoms with Crippen LogP contribution in [-0.4, -0.2) is 66.5 Å². The van der Waals surface area contributed by atoms with Gasteiger partial charge in [-0.3, -0.25) is 14.1 Å². The molecule has 24 heavy (non-hydrogen) atoms. The van der Waals surface area contributed by atoms with E-state index in [2.05, 4.69) is 13.2 Å². The smallest absolute Gasteiger partial charge is 0.264 e. The van der Waals surface area contributed by atoms with E-state index in [-0.39, 0.29) is 30.5 Å². The first-order valence-corrected chi connectivity index (χ1v) is 9.64. The minimum absolute atomic E-state index is 0.107. The fourth-order valence-corrected chi connectivity index (χ4v) is 2.73. The zero-order valence-electron chi connectivity index (χ0n) is 14.3. The molecule has 1 N–H and O–H groups in total. The van der Waals surface area contributed by atoms with E-state index in [1.807, 2.05) is 6.92 Å². The van der Waals surface area contributed by atoms with E-state index in [4.69, 9.17) is 4.55 Å². The molecule has 0 rings (SSSR count). The number of hydrogen-bond donors (Lipinski definition) is 1. The molecule has 8 heteroatoms. The highest BCUT2D eigenvalue weighted by Crippen LogP contribution is 2.03. The Bertz CT molecular complexity index is 531. The highest BCUT2D eigenvalue weighted by molar-refractivity contribution is 7.85. The van der Waals surface area contributed by atoms with Crippen LogP contribution in [0.1, 0.15) is 32.6 Å². The van der Waals surface area contributed by atoms with Crippen LogP contribution in [0.15, 0.2) is 25.3 Å². The Morgan fingerprint density at radius 2 is 1.33 bits per heavy atom. The van der Waals surface area contributed by atoms with Crippen LogP contribution in [0.2, 0.25) is 0 Å². The Morgan fingerprint density at radius 3 is 1.71 bits per heavy atom. The summed E-state index contributed by atoms with van der Waals surface area (Å²) in [6, 6.07) is 0. The molecular weight excluding hydrogens is 332 g/mol. The van der Waals surface area contributed by atoms with Gasteiger partial charge in [-0.2, -0.15) is 8.42 Å². The van der Waals surface area contributed by atoms with Gasteiger partial charge < -0.3 is 9.80 Å². The van der Waals surface area contributed by atoms with Crippen molar-refractivity contribution in [2.75, 3.05) is 31.9 Å². The molecule has 0 atom stereocenters. The normalized spacial score (nSPS) is 10.9. The number of carbonyl (C=O) groups is 2. The predicted molar refractivity (Wildman–Crippen MR) is 94.1 cm³/mol. The second-order valence-corrected chi connectivity index (χ2v) is 6.98. The molecule has 0 unspecified atom stereocenters. The Hall–Kier alpha value is -1.67. The molecule has 2 amide bonds. The van der Waals surface area contributed by atoms with Crippen LogP contribution < -0.4 is 0 Å². The fraction of sp³-hybridized carbons (Fsp3) is 0.625. The third kappa shape index (κ3) is 10.2. The third-order valence-electron chi connectivity index (χ3n) is 3.40. The highest BCUT2D eigenvalue weighted by atomic mass is 32.2. The van der Waals surface area contributed by atoms with Gasteiger partial charge in [0.15, 0.2) is 0 Å². The molecule has 0 aromatic heterocycles. The summed E-state index contributed by atoms with van der Waals surface area (Å²) in [5.74, 6) is -0.770. The topological polar surface area (TPSA) is 95.0 Å². The van der Waals surface area contributed by atoms with Crippen molar-refractivity contribution in [3.05, 3.63) is 25.3 Å². The predicted octanol–water partition coefficient (Wildman–Crippen LogP) is 1.48. The van der Waals surface area contributed by atoms with Gasteiger partial charge in [-0.15, -0.1) is 0 Å². The van der Waals surface area contributed by atoms with Crippen LogP contribution in [0, 0.1) is 0 Å². The molecule has 0 saturated carbocycles. The number of carbonyl (C=O) groups excluding carboxylic acids is 2. The molecule has 0 bridgehead atoms. The van der Waals surface area contributed by atoms with Crippen LogP contribution in [0.3, 0.4) is 0 Å². The van der Waals surface area contributed by atoms with Crippen molar-refractivity contribution in [3.63, 3.8) is 0 Å². The monoisotopic (exact) mass is 360 g/mol. The summed E-state index contributed by atoms with van der Waals surface area (Å²) in [5, 5.41) is 0. The lowest BCUT2D eigenvalue weighted by Gasteiger charge is -2.23. The Balaban J connectivity index is 4.35. The largest absolute Gasteiger partial charge is 0.339 e. The number of unbranched alkanes of at least 4 members (excludes halogenated alkanes) is 1. The van der Waals surface area contributed by atoms with E-state index >= 15 is 0 Å². The summed E-state index contributed by atoms with van der Waals surface area (Å²) in [5.41, 5.74) is 0. The fourth-order valence-electron chi connectivity index (χ4n) is 2.24. The lowest BCUT2D eigenvalue weighted by molar-refractivity contribution is -0.127. The second kappa shape index (κ2) is 11.8. The van der Waals surface area contributed by atoms with Crippen LogP contribution >= 0.6 is 0 Å². The molecule has 0 aliphatic rings. The first-order chi connectivity index (χ1) is 11.2. The van der Waals surface area contributed by atoms with Crippen LogP contribution in [0.5, 0.6) is 0 Å². The van der Waals surface area contributed by atoms with Crippen LogP contribution in [0.4, 0.5) is 0 Å². The summed E-state index contributed by atoms with van der Waals surface area (Å²) < 4.78 is 30.2. The van der Waals surface area contributed by atoms with Crippen molar-refractivity contribution >= 4 is 21.9 Å². The molecule has 0 spiro atoms. The van der Waals surface area contributed by atoms with E-state index in [0.717, 1.165) is 12.8 Å². The summed E-state index contributed by atoms with van der Waals surface area (Å²) in [6.45, 7) is 10.8. The van der Waals surface area contributed by atoms with Gasteiger partial charge in [0.25, 0.3) is 10.1 Å². The summed E-state index contributed by atoms with van der Waals surface area (Å²) >= 11 is 0. The van der Waals surface area contributed by atoms with Gasteiger partial charge in [-0.25, -0.2) is 0 Å². The third-order valence-corrected chi connectivity index (χ3v) is 4.21. The maximum atomic E-state index is 11.8. The molecule has 7 nitrogen and oxygen atoms in total. The van der Waals surface area contributed by atoms with Gasteiger partial charge in [-0.05, 0) is 37.8 Å². The Kier molecular flexibility index (Phi) is 11.0. The molecule has 0 aliphatic heterocycles. The van der Waals surface area contributed by atoms with Crippen LogP contribution in [0.25, 0.3) is 0 Å². The molecule has 0 heterocycles. The zero-order chi connectivity index (χ0) is 18.6. The van der Waals surface area contributed by atoms with Gasteiger partial charge in [0.05, 0.1) is 5.75 Å². The molecule has 0 aliphatic carbocycles. The van der Waals surface area contributed by atoms with E-state index in [0.29, 0.717) is 26.1 Å². The molecular formula is C16H28N2O5S. The summed E-state index contributed by atoms with van der Waals surface area (Å²) in [6.07, 6.45) is 4.89. The molecule has 138 valence electrons. The lowest BCUT2D eigenvalue weighted by Crippen LogP contribution is -2.34. The van der Waals surface area contributed by atoms with Crippen molar-refractivity contribution in [2.24, 2.45) is 0 Å². The van der Waals surface area contributed by atoms with E-state index in [1.54, 1.807) is 4.90 Å². The quantitative estimate of drug-likeness (QED) is 0.305. The maximum Gasteiger partial charge on any atom is 0.264 e. The molecule has 0 radical (unpaired) electrons. The first-order valence-electron chi connectivity index (χ1n) is 8.03. The second-order valence-electron chi connectivity index (χ2n) is 5.41. The molecule has 0 aromatic rings. The maximum absolute atomic E-state index is 11.8. The minimum Gasteiger partial charge on any atom is -0.339 e. The van der Waals surface area contributed by atoms with Crippen molar-refractivity contribution in [1.82, 2.24) is 9.80 Å². The number of amides is 2. The molecule has 0 saturated heterocycles. The van der Waals surface area contributed by atoms with Gasteiger partial charge in [0.2, 0.25) is 11.8 Å². The van der Waals surface area contributed by atoms with Crippen molar-refractivity contribution < 1.29 is 22.6 Å². The van der Waals surface area contributed by atoms with Crippen molar-refractivity contribution in [2.45, 2.75) is 32.6 Å². The average molecular weight is 360 g/mol. The number of hydrogen-bond acceptors (Lipinski definition) is 4. The first kappa shape index (κ1) is 22.3. The number of nitrogens with zero attached hydrogens (tertiary/aromatic N) is 2. The minimum atomic E-state index is -4.02. The molecule has 0 fully saturated rings. The Morgan fingerprint density at radius 1 is 0.917 bits per heavy atom. The summed E-state index contributed by atoms with van der Waals surface area (Å²) in [4.78, 5) is 26.7. The molecule has 0 aromatic carbocycles. The van der Waals surface area contributed by atoms with Crippen LogP contribution in [-0.2, 0) is 19.7 Å². The number of rotatable bonds is 13. The zero-order valence-corrected chi connectivity index (χ0v) is 15.1. The lowest BCUT2D eigenvalue weighted by atomic mass is 10.2. The van der Waals surface area contributed by atoms with Gasteiger partial charge in [0.1, 0.15) is 0 Å². The van der Waals surface area contributed by atoms with E-state index in [9.17, 15) is 18.0 Å². The summed E-state index contributed by atoms with van der Waals surface area (Å²) in [7, 11) is -4.02. The standard InChI is InChI=1S/C16H28N2O5S/c1-4-10-17(15(19)5-2)11-7-8-12-18(16(20)6-3)13-9-14-24(21,22)23/h5-6H,2-4,7-14H2,1H3,(H,21,22,23). The van der Waals surface area contributed by atoms with Gasteiger partial charge in [0, 0.05) is 26.2 Å². The highest BCUT2D eigenvalue weighted by Gasteiger charge is 2.13.